The Morgan fingerprint density at radius 3 is 2.56 bits per heavy atom. The maximum Gasteiger partial charge on any atom is 0.0690 e. The average molecular weight is 119 g/mol. The minimum atomic E-state index is 0.00632. The minimum Gasteiger partial charge on any atom is -0.198 e. The molecule has 0 N–H and O–H groups in total. The first kappa shape index (κ1) is 6.17. The number of hydrogen-bond acceptors (Lipinski definition) is 1. The van der Waals surface area contributed by atoms with Gasteiger partial charge >= 0.3 is 0 Å². The molecule has 0 unspecified atom stereocenters. The summed E-state index contributed by atoms with van der Waals surface area (Å²) in [5.74, 6) is 2.55. The van der Waals surface area contributed by atoms with Gasteiger partial charge in [-0.15, -0.1) is 12.3 Å². The van der Waals surface area contributed by atoms with Crippen LogP contribution in [0.25, 0.3) is 0 Å². The predicted octanol–water partition coefficient (Wildman–Crippen LogP) is 1.70. The van der Waals surface area contributed by atoms with E-state index in [0.717, 1.165) is 25.7 Å². The normalized spacial score (nSPS) is 19.8. The molecule has 1 heteroatoms. The lowest BCUT2D eigenvalue weighted by atomic mass is 10.0. The predicted molar refractivity (Wildman–Crippen MR) is 35.3 cm³/mol. The SMILES string of the molecule is C#CCCC1(C#N)CC1. The van der Waals surface area contributed by atoms with Gasteiger partial charge in [-0.25, -0.2) is 0 Å². The van der Waals surface area contributed by atoms with E-state index in [4.69, 9.17) is 11.7 Å². The monoisotopic (exact) mass is 119 g/mol. The van der Waals surface area contributed by atoms with Crippen LogP contribution in [0, 0.1) is 29.1 Å². The fourth-order valence-corrected chi connectivity index (χ4v) is 0.880. The lowest BCUT2D eigenvalue weighted by Gasteiger charge is -1.97. The van der Waals surface area contributed by atoms with Gasteiger partial charge in [0.25, 0.3) is 0 Å². The summed E-state index contributed by atoms with van der Waals surface area (Å²) in [5, 5.41) is 8.56. The molecule has 0 aliphatic heterocycles. The van der Waals surface area contributed by atoms with Crippen LogP contribution >= 0.6 is 0 Å². The van der Waals surface area contributed by atoms with E-state index < -0.39 is 0 Å². The van der Waals surface area contributed by atoms with Crippen LogP contribution in [0.2, 0.25) is 0 Å². The zero-order valence-electron chi connectivity index (χ0n) is 5.35. The second-order valence-corrected chi connectivity index (χ2v) is 2.60. The summed E-state index contributed by atoms with van der Waals surface area (Å²) in [5.41, 5.74) is 0.00632. The van der Waals surface area contributed by atoms with Crippen molar-refractivity contribution in [2.45, 2.75) is 25.7 Å². The van der Waals surface area contributed by atoms with Crippen molar-refractivity contribution >= 4 is 0 Å². The second kappa shape index (κ2) is 2.11. The van der Waals surface area contributed by atoms with Crippen LogP contribution in [-0.4, -0.2) is 0 Å². The number of terminal acetylenes is 1. The van der Waals surface area contributed by atoms with Crippen LogP contribution in [0.1, 0.15) is 25.7 Å². The van der Waals surface area contributed by atoms with Gasteiger partial charge in [0.1, 0.15) is 0 Å². The van der Waals surface area contributed by atoms with Gasteiger partial charge in [0.15, 0.2) is 0 Å². The molecule has 0 heterocycles. The highest BCUT2D eigenvalue weighted by atomic mass is 14.5. The van der Waals surface area contributed by atoms with E-state index in [9.17, 15) is 0 Å². The van der Waals surface area contributed by atoms with Crippen molar-refractivity contribution in [1.82, 2.24) is 0 Å². The summed E-state index contributed by atoms with van der Waals surface area (Å²) in [4.78, 5) is 0. The topological polar surface area (TPSA) is 23.8 Å². The van der Waals surface area contributed by atoms with Crippen molar-refractivity contribution < 1.29 is 0 Å². The van der Waals surface area contributed by atoms with Gasteiger partial charge in [0.05, 0.1) is 11.5 Å². The molecule has 0 aromatic carbocycles. The molecule has 1 aliphatic carbocycles. The Bertz CT molecular complexity index is 176. The lowest BCUT2D eigenvalue weighted by molar-refractivity contribution is 0.612. The molecule has 46 valence electrons. The third-order valence-corrected chi connectivity index (χ3v) is 1.84. The van der Waals surface area contributed by atoms with Crippen molar-refractivity contribution in [3.8, 4) is 18.4 Å². The van der Waals surface area contributed by atoms with Crippen LogP contribution in [-0.2, 0) is 0 Å². The molecule has 0 atom stereocenters. The minimum absolute atomic E-state index is 0.00632. The van der Waals surface area contributed by atoms with Crippen LogP contribution in [0.4, 0.5) is 0 Å². The van der Waals surface area contributed by atoms with Crippen molar-refractivity contribution in [3.05, 3.63) is 0 Å². The van der Waals surface area contributed by atoms with Crippen molar-refractivity contribution in [3.63, 3.8) is 0 Å². The second-order valence-electron chi connectivity index (χ2n) is 2.60. The maximum atomic E-state index is 8.56. The zero-order valence-corrected chi connectivity index (χ0v) is 5.35. The highest BCUT2D eigenvalue weighted by Crippen LogP contribution is 2.48. The van der Waals surface area contributed by atoms with Crippen LogP contribution < -0.4 is 0 Å². The standard InChI is InChI=1S/C8H9N/c1-2-3-4-8(7-9)5-6-8/h1H,3-6H2. The fourth-order valence-electron chi connectivity index (χ4n) is 0.880. The Morgan fingerprint density at radius 2 is 2.22 bits per heavy atom. The molecular weight excluding hydrogens is 110 g/mol. The maximum absolute atomic E-state index is 8.56. The number of nitriles is 1. The molecule has 0 bridgehead atoms. The van der Waals surface area contributed by atoms with Crippen LogP contribution in [0.5, 0.6) is 0 Å². The van der Waals surface area contributed by atoms with Crippen molar-refractivity contribution in [2.75, 3.05) is 0 Å². The van der Waals surface area contributed by atoms with E-state index in [1.165, 1.54) is 0 Å². The van der Waals surface area contributed by atoms with Crippen molar-refractivity contribution in [2.24, 2.45) is 5.41 Å². The van der Waals surface area contributed by atoms with Gasteiger partial charge in [-0.05, 0) is 19.3 Å². The molecule has 0 radical (unpaired) electrons. The summed E-state index contributed by atoms with van der Waals surface area (Å²) < 4.78 is 0. The molecule has 1 nitrogen and oxygen atoms in total. The van der Waals surface area contributed by atoms with Crippen LogP contribution in [0.3, 0.4) is 0 Å². The average Bonchev–Trinajstić information content (AvgIpc) is 2.65. The first-order chi connectivity index (χ1) is 4.33. The number of rotatable bonds is 2. The molecule has 0 aromatic rings. The zero-order chi connectivity index (χ0) is 6.74. The fraction of sp³-hybridized carbons (Fsp3) is 0.625. The van der Waals surface area contributed by atoms with E-state index in [2.05, 4.69) is 12.0 Å². The Morgan fingerprint density at radius 1 is 1.56 bits per heavy atom. The van der Waals surface area contributed by atoms with E-state index in [1.807, 2.05) is 0 Å². The summed E-state index contributed by atoms with van der Waals surface area (Å²) in [7, 11) is 0. The van der Waals surface area contributed by atoms with E-state index in [0.29, 0.717) is 0 Å². The molecule has 1 saturated carbocycles. The van der Waals surface area contributed by atoms with Gasteiger partial charge in [-0.1, -0.05) is 0 Å². The van der Waals surface area contributed by atoms with E-state index in [-0.39, 0.29) is 5.41 Å². The first-order valence-electron chi connectivity index (χ1n) is 3.18. The van der Waals surface area contributed by atoms with Gasteiger partial charge in [0.2, 0.25) is 0 Å². The Kier molecular flexibility index (Phi) is 1.45. The summed E-state index contributed by atoms with van der Waals surface area (Å²) in [6, 6.07) is 2.29. The summed E-state index contributed by atoms with van der Waals surface area (Å²) in [6.45, 7) is 0. The molecule has 9 heavy (non-hydrogen) atoms. The van der Waals surface area contributed by atoms with Gasteiger partial charge < -0.3 is 0 Å². The third kappa shape index (κ3) is 1.24. The molecule has 0 aromatic heterocycles. The Balaban J connectivity index is 2.30. The quantitative estimate of drug-likeness (QED) is 0.507. The highest BCUT2D eigenvalue weighted by molar-refractivity contribution is 5.10. The molecule has 0 amide bonds. The van der Waals surface area contributed by atoms with E-state index in [1.54, 1.807) is 0 Å². The molecule has 0 spiro atoms. The molecule has 1 rings (SSSR count). The molecular formula is C8H9N. The Hall–Kier alpha value is -0.950. The summed E-state index contributed by atoms with van der Waals surface area (Å²) >= 11 is 0. The first-order valence-corrected chi connectivity index (χ1v) is 3.18. The molecule has 1 fully saturated rings. The van der Waals surface area contributed by atoms with E-state index >= 15 is 0 Å². The van der Waals surface area contributed by atoms with Gasteiger partial charge in [-0.2, -0.15) is 5.26 Å². The Labute approximate surface area is 55.7 Å². The van der Waals surface area contributed by atoms with Gasteiger partial charge in [-0.3, -0.25) is 0 Å². The van der Waals surface area contributed by atoms with Crippen molar-refractivity contribution in [1.29, 1.82) is 5.26 Å². The molecule has 1 aliphatic rings. The van der Waals surface area contributed by atoms with Gasteiger partial charge in [0, 0.05) is 6.42 Å². The molecule has 0 saturated heterocycles. The summed E-state index contributed by atoms with van der Waals surface area (Å²) in [6.07, 6.45) is 8.84. The number of hydrogen-bond donors (Lipinski definition) is 0. The number of nitrogens with zero attached hydrogens (tertiary/aromatic N) is 1. The largest absolute Gasteiger partial charge is 0.198 e. The lowest BCUT2D eigenvalue weighted by Crippen LogP contribution is -1.93. The van der Waals surface area contributed by atoms with Crippen LogP contribution in [0.15, 0.2) is 0 Å². The third-order valence-electron chi connectivity index (χ3n) is 1.84. The smallest absolute Gasteiger partial charge is 0.0690 e. The highest BCUT2D eigenvalue weighted by Gasteiger charge is 2.41.